The van der Waals surface area contributed by atoms with Crippen molar-refractivity contribution in [3.05, 3.63) is 35.1 Å². The van der Waals surface area contributed by atoms with Gasteiger partial charge in [0.1, 0.15) is 5.82 Å². The number of halogens is 1. The van der Waals surface area contributed by atoms with Gasteiger partial charge in [0.2, 0.25) is 0 Å². The Kier molecular flexibility index (Phi) is 4.58. The molecule has 1 aliphatic heterocycles. The molecule has 1 heterocycles. The number of benzene rings is 1. The largest absolute Gasteiger partial charge is 0.314 e. The fourth-order valence-electron chi connectivity index (χ4n) is 3.09. The third-order valence-corrected chi connectivity index (χ3v) is 4.11. The van der Waals surface area contributed by atoms with Gasteiger partial charge in [-0.1, -0.05) is 19.9 Å². The van der Waals surface area contributed by atoms with Crippen molar-refractivity contribution in [1.82, 2.24) is 10.2 Å². The molecule has 1 fully saturated rings. The molecule has 0 radical (unpaired) electrons. The molecule has 2 atom stereocenters. The normalized spacial score (nSPS) is 24.3. The van der Waals surface area contributed by atoms with Gasteiger partial charge in [-0.3, -0.25) is 4.90 Å². The zero-order valence-electron chi connectivity index (χ0n) is 12.4. The van der Waals surface area contributed by atoms with Crippen molar-refractivity contribution in [1.29, 1.82) is 0 Å². The Morgan fingerprint density at radius 1 is 1.42 bits per heavy atom. The average Bonchev–Trinajstić information content (AvgIpc) is 2.68. The van der Waals surface area contributed by atoms with E-state index in [0.29, 0.717) is 18.0 Å². The zero-order valence-corrected chi connectivity index (χ0v) is 12.4. The van der Waals surface area contributed by atoms with E-state index in [1.165, 1.54) is 12.0 Å². The molecule has 1 N–H and O–H groups in total. The van der Waals surface area contributed by atoms with Gasteiger partial charge in [0, 0.05) is 18.6 Å². The van der Waals surface area contributed by atoms with E-state index in [0.717, 1.165) is 18.7 Å². The first-order valence-corrected chi connectivity index (χ1v) is 7.18. The molecule has 1 aromatic rings. The Balaban J connectivity index is 2.18. The molecular formula is C16H25FN2. The summed E-state index contributed by atoms with van der Waals surface area (Å²) in [5.74, 6) is 0.468. The van der Waals surface area contributed by atoms with Crippen LogP contribution in [-0.4, -0.2) is 31.1 Å². The fourth-order valence-corrected chi connectivity index (χ4v) is 3.09. The summed E-state index contributed by atoms with van der Waals surface area (Å²) in [5, 5.41) is 3.54. The maximum Gasteiger partial charge on any atom is 0.123 e. The van der Waals surface area contributed by atoms with E-state index < -0.39 is 0 Å². The monoisotopic (exact) mass is 264 g/mol. The van der Waals surface area contributed by atoms with Crippen molar-refractivity contribution in [2.45, 2.75) is 39.3 Å². The third kappa shape index (κ3) is 3.34. The molecular weight excluding hydrogens is 239 g/mol. The highest BCUT2D eigenvalue weighted by atomic mass is 19.1. The lowest BCUT2D eigenvalue weighted by Crippen LogP contribution is -2.32. The Hall–Kier alpha value is -0.930. The third-order valence-electron chi connectivity index (χ3n) is 4.11. The van der Waals surface area contributed by atoms with Crippen molar-refractivity contribution < 1.29 is 4.39 Å². The number of aryl methyl sites for hydroxylation is 1. The second-order valence-corrected chi connectivity index (χ2v) is 6.04. The van der Waals surface area contributed by atoms with E-state index in [1.54, 1.807) is 12.1 Å². The van der Waals surface area contributed by atoms with Crippen LogP contribution >= 0.6 is 0 Å². The highest BCUT2D eigenvalue weighted by Crippen LogP contribution is 2.37. The quantitative estimate of drug-likeness (QED) is 0.899. The first-order chi connectivity index (χ1) is 8.99. The van der Waals surface area contributed by atoms with E-state index in [-0.39, 0.29) is 5.82 Å². The minimum absolute atomic E-state index is 0.140. The summed E-state index contributed by atoms with van der Waals surface area (Å²) in [6.07, 6.45) is 1.21. The summed E-state index contributed by atoms with van der Waals surface area (Å²) in [6, 6.07) is 6.11. The predicted octanol–water partition coefficient (Wildman–Crippen LogP) is 3.12. The topological polar surface area (TPSA) is 15.3 Å². The molecule has 1 saturated heterocycles. The Labute approximate surface area is 116 Å². The Bertz CT molecular complexity index is 431. The highest BCUT2D eigenvalue weighted by Gasteiger charge is 2.33. The summed E-state index contributed by atoms with van der Waals surface area (Å²) in [6.45, 7) is 8.51. The number of hydrogen-bond acceptors (Lipinski definition) is 2. The minimum Gasteiger partial charge on any atom is -0.314 e. The van der Waals surface area contributed by atoms with Gasteiger partial charge in [0.05, 0.1) is 0 Å². The highest BCUT2D eigenvalue weighted by molar-refractivity contribution is 5.31. The van der Waals surface area contributed by atoms with Crippen LogP contribution in [-0.2, 0) is 0 Å². The Morgan fingerprint density at radius 3 is 2.79 bits per heavy atom. The second-order valence-electron chi connectivity index (χ2n) is 6.04. The molecule has 0 aliphatic carbocycles. The standard InChI is InChI=1S/C16H25FN2/c1-11(2)18-10-13-7-8-19(4)16(13)15-6-5-14(17)9-12(15)3/h5-6,9,11,13,16,18H,7-8,10H2,1-4H3. The van der Waals surface area contributed by atoms with E-state index in [1.807, 2.05) is 13.0 Å². The van der Waals surface area contributed by atoms with Crippen molar-refractivity contribution in [3.63, 3.8) is 0 Å². The van der Waals surface area contributed by atoms with Crippen LogP contribution in [0, 0.1) is 18.7 Å². The smallest absolute Gasteiger partial charge is 0.123 e. The maximum atomic E-state index is 13.3. The molecule has 1 aromatic carbocycles. The maximum absolute atomic E-state index is 13.3. The van der Waals surface area contributed by atoms with E-state index in [2.05, 4.69) is 31.1 Å². The van der Waals surface area contributed by atoms with Crippen LogP contribution in [0.15, 0.2) is 18.2 Å². The first kappa shape index (κ1) is 14.5. The number of rotatable bonds is 4. The van der Waals surface area contributed by atoms with E-state index in [9.17, 15) is 4.39 Å². The zero-order chi connectivity index (χ0) is 14.0. The SMILES string of the molecule is Cc1cc(F)ccc1C1C(CNC(C)C)CCN1C. The molecule has 0 saturated carbocycles. The lowest BCUT2D eigenvalue weighted by Gasteiger charge is -2.28. The summed E-state index contributed by atoms with van der Waals surface area (Å²) >= 11 is 0. The summed E-state index contributed by atoms with van der Waals surface area (Å²) in [4.78, 5) is 2.40. The number of nitrogens with zero attached hydrogens (tertiary/aromatic N) is 1. The van der Waals surface area contributed by atoms with E-state index in [4.69, 9.17) is 0 Å². The summed E-state index contributed by atoms with van der Waals surface area (Å²) < 4.78 is 13.3. The van der Waals surface area contributed by atoms with Gasteiger partial charge >= 0.3 is 0 Å². The van der Waals surface area contributed by atoms with Crippen LogP contribution in [0.4, 0.5) is 4.39 Å². The lowest BCUT2D eigenvalue weighted by molar-refractivity contribution is 0.268. The molecule has 0 bridgehead atoms. The van der Waals surface area contributed by atoms with E-state index >= 15 is 0 Å². The van der Waals surface area contributed by atoms with Gasteiger partial charge in [-0.05, 0) is 56.1 Å². The van der Waals surface area contributed by atoms with Gasteiger partial charge in [-0.15, -0.1) is 0 Å². The molecule has 0 aromatic heterocycles. The van der Waals surface area contributed by atoms with Crippen molar-refractivity contribution >= 4 is 0 Å². The molecule has 0 amide bonds. The number of likely N-dealkylation sites (tertiary alicyclic amines) is 1. The van der Waals surface area contributed by atoms with Crippen LogP contribution in [0.2, 0.25) is 0 Å². The van der Waals surface area contributed by atoms with Crippen LogP contribution in [0.1, 0.15) is 37.4 Å². The fraction of sp³-hybridized carbons (Fsp3) is 0.625. The van der Waals surface area contributed by atoms with Crippen LogP contribution in [0.25, 0.3) is 0 Å². The van der Waals surface area contributed by atoms with Crippen LogP contribution < -0.4 is 5.32 Å². The van der Waals surface area contributed by atoms with Crippen LogP contribution in [0.3, 0.4) is 0 Å². The van der Waals surface area contributed by atoms with Gasteiger partial charge in [-0.2, -0.15) is 0 Å². The van der Waals surface area contributed by atoms with Crippen molar-refractivity contribution in [3.8, 4) is 0 Å². The van der Waals surface area contributed by atoms with Crippen molar-refractivity contribution in [2.24, 2.45) is 5.92 Å². The molecule has 2 unspecified atom stereocenters. The molecule has 2 rings (SSSR count). The van der Waals surface area contributed by atoms with Gasteiger partial charge in [0.25, 0.3) is 0 Å². The molecule has 106 valence electrons. The lowest BCUT2D eigenvalue weighted by atomic mass is 9.90. The number of nitrogens with one attached hydrogen (secondary N) is 1. The summed E-state index contributed by atoms with van der Waals surface area (Å²) in [5.41, 5.74) is 2.34. The molecule has 3 heteroatoms. The van der Waals surface area contributed by atoms with Gasteiger partial charge < -0.3 is 5.32 Å². The Morgan fingerprint density at radius 2 is 2.16 bits per heavy atom. The predicted molar refractivity (Wildman–Crippen MR) is 77.8 cm³/mol. The molecule has 19 heavy (non-hydrogen) atoms. The second kappa shape index (κ2) is 6.02. The molecule has 1 aliphatic rings. The van der Waals surface area contributed by atoms with Crippen LogP contribution in [0.5, 0.6) is 0 Å². The number of hydrogen-bond donors (Lipinski definition) is 1. The minimum atomic E-state index is -0.140. The van der Waals surface area contributed by atoms with Gasteiger partial charge in [-0.25, -0.2) is 4.39 Å². The molecule has 2 nitrogen and oxygen atoms in total. The average molecular weight is 264 g/mol. The van der Waals surface area contributed by atoms with Crippen molar-refractivity contribution in [2.75, 3.05) is 20.1 Å². The molecule has 0 spiro atoms. The first-order valence-electron chi connectivity index (χ1n) is 7.18. The van der Waals surface area contributed by atoms with Gasteiger partial charge in [0.15, 0.2) is 0 Å². The summed E-state index contributed by atoms with van der Waals surface area (Å²) in [7, 11) is 2.17.